The van der Waals surface area contributed by atoms with Crippen LogP contribution >= 0.6 is 0 Å². The Labute approximate surface area is 371 Å². The van der Waals surface area contributed by atoms with E-state index in [1.54, 1.807) is 0 Å². The lowest BCUT2D eigenvalue weighted by Crippen LogP contribution is -2.42. The average molecular weight is 841 g/mol. The minimum absolute atomic E-state index is 0.130. The fourth-order valence-corrected chi connectivity index (χ4v) is 7.05. The number of rotatable bonds is 44. The summed E-state index contributed by atoms with van der Waals surface area (Å²) in [6.07, 6.45) is 51.4. The Balaban J connectivity index is 4.80. The van der Waals surface area contributed by atoms with Crippen molar-refractivity contribution in [1.82, 2.24) is 9.80 Å². The van der Waals surface area contributed by atoms with E-state index in [0.717, 1.165) is 90.0 Å². The van der Waals surface area contributed by atoms with E-state index in [4.69, 9.17) is 9.47 Å². The van der Waals surface area contributed by atoms with E-state index in [-0.39, 0.29) is 37.0 Å². The van der Waals surface area contributed by atoms with Gasteiger partial charge in [-0.2, -0.15) is 0 Å². The lowest BCUT2D eigenvalue weighted by atomic mass is 10.1. The average Bonchev–Trinajstić information content (AvgIpc) is 3.24. The zero-order valence-electron chi connectivity index (χ0n) is 40.1. The molecule has 0 saturated carbocycles. The summed E-state index contributed by atoms with van der Waals surface area (Å²) in [4.78, 5) is 43.1. The van der Waals surface area contributed by atoms with Crippen molar-refractivity contribution in [2.45, 2.75) is 220 Å². The van der Waals surface area contributed by atoms with Gasteiger partial charge in [-0.05, 0) is 97.6 Å². The van der Waals surface area contributed by atoms with Gasteiger partial charge in [-0.3, -0.25) is 14.4 Å². The van der Waals surface area contributed by atoms with Crippen LogP contribution in [0.25, 0.3) is 0 Å². The van der Waals surface area contributed by atoms with Crippen molar-refractivity contribution >= 4 is 17.8 Å². The second-order valence-electron chi connectivity index (χ2n) is 17.4. The molecule has 0 saturated heterocycles. The van der Waals surface area contributed by atoms with Crippen LogP contribution in [0.3, 0.4) is 0 Å². The molecule has 0 fully saturated rings. The van der Waals surface area contributed by atoms with Crippen molar-refractivity contribution in [2.75, 3.05) is 46.9 Å². The summed E-state index contributed by atoms with van der Waals surface area (Å²) in [6.45, 7) is 8.75. The SMILES string of the molecule is CCCCC/C=C\C/C=C\CCCCCCCC(=O)OCC(COC(=O)CCCCCCC/C=C\C/C=C\CCCCC)CN(CCN(C)C)C(=O)CCCCCCCC. The van der Waals surface area contributed by atoms with Crippen molar-refractivity contribution in [2.24, 2.45) is 5.92 Å². The topological polar surface area (TPSA) is 76.2 Å². The molecule has 0 aliphatic heterocycles. The number of hydrogen-bond acceptors (Lipinski definition) is 6. The van der Waals surface area contributed by atoms with E-state index >= 15 is 0 Å². The zero-order chi connectivity index (χ0) is 44.0. The van der Waals surface area contributed by atoms with Crippen molar-refractivity contribution in [3.05, 3.63) is 48.6 Å². The highest BCUT2D eigenvalue weighted by molar-refractivity contribution is 5.76. The summed E-state index contributed by atoms with van der Waals surface area (Å²) in [5.74, 6) is -0.547. The van der Waals surface area contributed by atoms with E-state index < -0.39 is 0 Å². The minimum Gasteiger partial charge on any atom is -0.465 e. The highest BCUT2D eigenvalue weighted by atomic mass is 16.5. The molecule has 7 heteroatoms. The number of carbonyl (C=O) groups excluding carboxylic acids is 3. The van der Waals surface area contributed by atoms with Crippen LogP contribution in [0.5, 0.6) is 0 Å². The molecule has 0 atom stereocenters. The Morgan fingerprint density at radius 2 is 0.783 bits per heavy atom. The molecule has 0 radical (unpaired) electrons. The molecule has 0 aromatic carbocycles. The molecular weight excluding hydrogens is 745 g/mol. The summed E-state index contributed by atoms with van der Waals surface area (Å²) >= 11 is 0. The highest BCUT2D eigenvalue weighted by Gasteiger charge is 2.22. The molecule has 0 heterocycles. The number of likely N-dealkylation sites (N-methyl/N-ethyl adjacent to an activating group) is 1. The summed E-state index contributed by atoms with van der Waals surface area (Å²) in [7, 11) is 4.02. The third kappa shape index (κ3) is 42.0. The molecule has 0 aliphatic rings. The number of amides is 1. The molecule has 0 aliphatic carbocycles. The third-order valence-corrected chi connectivity index (χ3v) is 11.0. The van der Waals surface area contributed by atoms with Crippen molar-refractivity contribution < 1.29 is 23.9 Å². The third-order valence-electron chi connectivity index (χ3n) is 11.0. The summed E-state index contributed by atoms with van der Waals surface area (Å²) in [5.41, 5.74) is 0. The fourth-order valence-electron chi connectivity index (χ4n) is 7.05. The maximum Gasteiger partial charge on any atom is 0.305 e. The maximum absolute atomic E-state index is 13.5. The van der Waals surface area contributed by atoms with Crippen LogP contribution in [0.1, 0.15) is 220 Å². The van der Waals surface area contributed by atoms with Crippen LogP contribution in [-0.2, 0) is 23.9 Å². The Morgan fingerprint density at radius 3 is 1.20 bits per heavy atom. The van der Waals surface area contributed by atoms with E-state index in [0.29, 0.717) is 32.4 Å². The highest BCUT2D eigenvalue weighted by Crippen LogP contribution is 2.14. The van der Waals surface area contributed by atoms with Crippen LogP contribution in [0.2, 0.25) is 0 Å². The van der Waals surface area contributed by atoms with E-state index in [1.807, 2.05) is 19.0 Å². The van der Waals surface area contributed by atoms with Gasteiger partial charge in [0.15, 0.2) is 0 Å². The molecule has 348 valence electrons. The van der Waals surface area contributed by atoms with Gasteiger partial charge in [0, 0.05) is 44.8 Å². The number of unbranched alkanes of at least 4 members (excludes halogenated alkanes) is 21. The largest absolute Gasteiger partial charge is 0.465 e. The number of carbonyl (C=O) groups is 3. The zero-order valence-corrected chi connectivity index (χ0v) is 40.1. The summed E-state index contributed by atoms with van der Waals surface area (Å²) in [6, 6.07) is 0. The van der Waals surface area contributed by atoms with Crippen LogP contribution in [-0.4, -0.2) is 74.6 Å². The van der Waals surface area contributed by atoms with E-state index in [9.17, 15) is 14.4 Å². The van der Waals surface area contributed by atoms with Crippen LogP contribution in [0.4, 0.5) is 0 Å². The first-order valence-electron chi connectivity index (χ1n) is 25.2. The molecule has 0 unspecified atom stereocenters. The smallest absolute Gasteiger partial charge is 0.305 e. The molecule has 0 aromatic rings. The van der Waals surface area contributed by atoms with Gasteiger partial charge >= 0.3 is 11.9 Å². The predicted octanol–water partition coefficient (Wildman–Crippen LogP) is 14.5. The first-order chi connectivity index (χ1) is 29.3. The number of esters is 2. The van der Waals surface area contributed by atoms with Crippen LogP contribution in [0, 0.1) is 5.92 Å². The second kappa shape index (κ2) is 45.8. The molecule has 0 N–H and O–H groups in total. The van der Waals surface area contributed by atoms with Gasteiger partial charge in [-0.25, -0.2) is 0 Å². The maximum atomic E-state index is 13.5. The van der Waals surface area contributed by atoms with Gasteiger partial charge in [0.1, 0.15) is 0 Å². The van der Waals surface area contributed by atoms with Gasteiger partial charge < -0.3 is 19.3 Å². The first kappa shape index (κ1) is 57.3. The summed E-state index contributed by atoms with van der Waals surface area (Å²) < 4.78 is 11.6. The lowest BCUT2D eigenvalue weighted by Gasteiger charge is -2.29. The standard InChI is InChI=1S/C53H96N2O5/c1-6-9-12-15-18-20-22-24-26-28-30-32-34-37-40-43-52(57)59-48-50(47-55(46-45-54(4)5)51(56)42-39-36-17-14-11-8-3)49-60-53(58)44-41-38-35-33-31-29-27-25-23-21-19-16-13-10-7-2/h18-21,24-27,50H,6-17,22-23,28-49H2,1-5H3/b20-18-,21-19-,26-24-,27-25-. The monoisotopic (exact) mass is 841 g/mol. The van der Waals surface area contributed by atoms with Gasteiger partial charge in [0.2, 0.25) is 5.91 Å². The second-order valence-corrected chi connectivity index (χ2v) is 17.4. The Bertz CT molecular complexity index is 1030. The van der Waals surface area contributed by atoms with Gasteiger partial charge in [0.25, 0.3) is 0 Å². The van der Waals surface area contributed by atoms with Crippen molar-refractivity contribution in [3.8, 4) is 0 Å². The van der Waals surface area contributed by atoms with Crippen LogP contribution in [0.15, 0.2) is 48.6 Å². The molecule has 60 heavy (non-hydrogen) atoms. The molecular formula is C53H96N2O5. The molecule has 7 nitrogen and oxygen atoms in total. The van der Waals surface area contributed by atoms with Crippen molar-refractivity contribution in [3.63, 3.8) is 0 Å². The number of nitrogens with zero attached hydrogens (tertiary/aromatic N) is 2. The molecule has 0 rings (SSSR count). The number of allylic oxidation sites excluding steroid dienone is 8. The van der Waals surface area contributed by atoms with Crippen molar-refractivity contribution in [1.29, 1.82) is 0 Å². The quantitative estimate of drug-likeness (QED) is 0.0345. The van der Waals surface area contributed by atoms with E-state index in [2.05, 4.69) is 74.3 Å². The molecule has 1 amide bonds. The van der Waals surface area contributed by atoms with Gasteiger partial charge in [0.05, 0.1) is 13.2 Å². The van der Waals surface area contributed by atoms with Gasteiger partial charge in [-0.15, -0.1) is 0 Å². The van der Waals surface area contributed by atoms with E-state index in [1.165, 1.54) is 96.3 Å². The number of hydrogen-bond donors (Lipinski definition) is 0. The first-order valence-corrected chi connectivity index (χ1v) is 25.2. The molecule has 0 spiro atoms. The van der Waals surface area contributed by atoms with Gasteiger partial charge in [-0.1, -0.05) is 166 Å². The van der Waals surface area contributed by atoms with Crippen LogP contribution < -0.4 is 0 Å². The minimum atomic E-state index is -0.261. The summed E-state index contributed by atoms with van der Waals surface area (Å²) in [5, 5.41) is 0. The Kier molecular flexibility index (Phi) is 43.8. The lowest BCUT2D eigenvalue weighted by molar-refractivity contribution is -0.150. The predicted molar refractivity (Wildman–Crippen MR) is 257 cm³/mol. The fraction of sp³-hybridized carbons (Fsp3) is 0.792. The molecule has 0 bridgehead atoms. The Morgan fingerprint density at radius 1 is 0.433 bits per heavy atom. The molecule has 0 aromatic heterocycles. The number of ether oxygens (including phenoxy) is 2. The Hall–Kier alpha value is -2.67. The normalized spacial score (nSPS) is 12.1.